The molecular weight excluding hydrogens is 228 g/mol. The molecule has 0 fully saturated rings. The fourth-order valence-corrected chi connectivity index (χ4v) is 1.49. The highest BCUT2D eigenvalue weighted by Gasteiger charge is 2.15. The molecule has 0 aromatic carbocycles. The van der Waals surface area contributed by atoms with Gasteiger partial charge in [0.15, 0.2) is 0 Å². The predicted molar refractivity (Wildman–Crippen MR) is 70.1 cm³/mol. The van der Waals surface area contributed by atoms with Crippen molar-refractivity contribution >= 4 is 5.91 Å². The van der Waals surface area contributed by atoms with Gasteiger partial charge in [-0.05, 0) is 18.6 Å². The van der Waals surface area contributed by atoms with E-state index in [2.05, 4.69) is 23.7 Å². The third-order valence-corrected chi connectivity index (χ3v) is 2.51. The second kappa shape index (κ2) is 7.46. The molecule has 0 unspecified atom stereocenters. The van der Waals surface area contributed by atoms with Gasteiger partial charge in [-0.1, -0.05) is 25.2 Å². The molecule has 18 heavy (non-hydrogen) atoms. The standard InChI is InChI=1S/C14H18N2O2/c1-3-4-10-16(2)14(18)13-12(8-6-11-17)7-5-9-15-13/h5,7,9,17H,3-4,10-11H2,1-2H3. The first-order chi connectivity index (χ1) is 8.70. The van der Waals surface area contributed by atoms with Gasteiger partial charge in [0, 0.05) is 19.8 Å². The Labute approximate surface area is 108 Å². The van der Waals surface area contributed by atoms with Gasteiger partial charge < -0.3 is 10.0 Å². The van der Waals surface area contributed by atoms with E-state index in [9.17, 15) is 4.79 Å². The summed E-state index contributed by atoms with van der Waals surface area (Å²) in [5.74, 6) is 5.15. The molecule has 4 nitrogen and oxygen atoms in total. The van der Waals surface area contributed by atoms with Crippen LogP contribution in [0.2, 0.25) is 0 Å². The highest BCUT2D eigenvalue weighted by atomic mass is 16.2. The van der Waals surface area contributed by atoms with Crippen LogP contribution in [0, 0.1) is 11.8 Å². The van der Waals surface area contributed by atoms with Crippen molar-refractivity contribution in [3.05, 3.63) is 29.6 Å². The Morgan fingerprint density at radius 1 is 1.56 bits per heavy atom. The van der Waals surface area contributed by atoms with Crippen molar-refractivity contribution in [1.29, 1.82) is 0 Å². The van der Waals surface area contributed by atoms with Gasteiger partial charge in [-0.2, -0.15) is 0 Å². The smallest absolute Gasteiger partial charge is 0.273 e. The summed E-state index contributed by atoms with van der Waals surface area (Å²) < 4.78 is 0. The second-order valence-corrected chi connectivity index (χ2v) is 3.94. The van der Waals surface area contributed by atoms with Crippen LogP contribution in [0.4, 0.5) is 0 Å². The molecule has 1 N–H and O–H groups in total. The molecule has 96 valence electrons. The maximum absolute atomic E-state index is 12.2. The monoisotopic (exact) mass is 246 g/mol. The number of hydrogen-bond donors (Lipinski definition) is 1. The largest absolute Gasteiger partial charge is 0.384 e. The number of rotatable bonds is 4. The van der Waals surface area contributed by atoms with E-state index in [4.69, 9.17) is 5.11 Å². The zero-order chi connectivity index (χ0) is 13.4. The summed E-state index contributed by atoms with van der Waals surface area (Å²) in [4.78, 5) is 17.9. The first kappa shape index (κ1) is 14.2. The molecule has 0 aliphatic heterocycles. The summed E-state index contributed by atoms with van der Waals surface area (Å²) in [5, 5.41) is 8.69. The predicted octanol–water partition coefficient (Wildman–Crippen LogP) is 1.30. The highest BCUT2D eigenvalue weighted by Crippen LogP contribution is 2.07. The van der Waals surface area contributed by atoms with E-state index in [1.165, 1.54) is 0 Å². The van der Waals surface area contributed by atoms with Crippen molar-refractivity contribution < 1.29 is 9.90 Å². The Morgan fingerprint density at radius 2 is 2.33 bits per heavy atom. The van der Waals surface area contributed by atoms with Crippen LogP contribution in [0.25, 0.3) is 0 Å². The number of carbonyl (C=O) groups excluding carboxylic acids is 1. The summed E-state index contributed by atoms with van der Waals surface area (Å²) in [7, 11) is 1.76. The maximum Gasteiger partial charge on any atom is 0.273 e. The number of unbranched alkanes of at least 4 members (excludes halogenated alkanes) is 1. The maximum atomic E-state index is 12.2. The molecule has 0 saturated heterocycles. The zero-order valence-corrected chi connectivity index (χ0v) is 10.8. The topological polar surface area (TPSA) is 53.4 Å². The van der Waals surface area contributed by atoms with E-state index in [0.717, 1.165) is 12.8 Å². The lowest BCUT2D eigenvalue weighted by Crippen LogP contribution is -2.29. The minimum Gasteiger partial charge on any atom is -0.384 e. The highest BCUT2D eigenvalue weighted by molar-refractivity contribution is 5.94. The second-order valence-electron chi connectivity index (χ2n) is 3.94. The number of nitrogens with zero attached hydrogens (tertiary/aromatic N) is 2. The lowest BCUT2D eigenvalue weighted by atomic mass is 10.1. The molecule has 0 spiro atoms. The summed E-state index contributed by atoms with van der Waals surface area (Å²) >= 11 is 0. The van der Waals surface area contributed by atoms with Crippen molar-refractivity contribution in [2.75, 3.05) is 20.2 Å². The minimum absolute atomic E-state index is 0.133. The third kappa shape index (κ3) is 3.86. The molecule has 4 heteroatoms. The molecule has 0 atom stereocenters. The summed E-state index contributed by atoms with van der Waals surface area (Å²) in [5.41, 5.74) is 0.900. The van der Waals surface area contributed by atoms with Gasteiger partial charge in [0.25, 0.3) is 5.91 Å². The van der Waals surface area contributed by atoms with Crippen molar-refractivity contribution in [3.63, 3.8) is 0 Å². The fourth-order valence-electron chi connectivity index (χ4n) is 1.49. The number of amides is 1. The van der Waals surface area contributed by atoms with E-state index < -0.39 is 0 Å². The van der Waals surface area contributed by atoms with Gasteiger partial charge in [-0.3, -0.25) is 4.79 Å². The third-order valence-electron chi connectivity index (χ3n) is 2.51. The van der Waals surface area contributed by atoms with Crippen LogP contribution >= 0.6 is 0 Å². The molecule has 0 aliphatic carbocycles. The summed E-state index contributed by atoms with van der Waals surface area (Å²) in [6.45, 7) is 2.56. The van der Waals surface area contributed by atoms with Crippen LogP contribution in [0.5, 0.6) is 0 Å². The molecular formula is C14H18N2O2. The minimum atomic E-state index is -0.228. The van der Waals surface area contributed by atoms with Gasteiger partial charge in [-0.25, -0.2) is 4.98 Å². The van der Waals surface area contributed by atoms with Crippen LogP contribution < -0.4 is 0 Å². The van der Waals surface area contributed by atoms with Crippen molar-refractivity contribution in [3.8, 4) is 11.8 Å². The van der Waals surface area contributed by atoms with Crippen LogP contribution in [-0.4, -0.2) is 41.1 Å². The number of carbonyl (C=O) groups is 1. The molecule has 0 radical (unpaired) electrons. The van der Waals surface area contributed by atoms with Gasteiger partial charge in [0.05, 0.1) is 5.56 Å². The quantitative estimate of drug-likeness (QED) is 0.815. The molecule has 1 heterocycles. The molecule has 0 bridgehead atoms. The number of aliphatic hydroxyl groups is 1. The van der Waals surface area contributed by atoms with Crippen LogP contribution in [0.1, 0.15) is 35.8 Å². The number of pyridine rings is 1. The van der Waals surface area contributed by atoms with E-state index >= 15 is 0 Å². The summed E-state index contributed by atoms with van der Waals surface area (Å²) in [6, 6.07) is 3.46. The summed E-state index contributed by atoms with van der Waals surface area (Å²) in [6.07, 6.45) is 3.58. The lowest BCUT2D eigenvalue weighted by molar-refractivity contribution is 0.0787. The van der Waals surface area contributed by atoms with E-state index in [0.29, 0.717) is 17.8 Å². The first-order valence-electron chi connectivity index (χ1n) is 6.01. The van der Waals surface area contributed by atoms with Gasteiger partial charge in [0.2, 0.25) is 0 Å². The first-order valence-corrected chi connectivity index (χ1v) is 6.01. The SMILES string of the molecule is CCCCN(C)C(=O)c1ncccc1C#CCO. The Morgan fingerprint density at radius 3 is 3.00 bits per heavy atom. The van der Waals surface area contributed by atoms with Gasteiger partial charge in [-0.15, -0.1) is 0 Å². The molecule has 1 amide bonds. The molecule has 0 saturated carbocycles. The fraction of sp³-hybridized carbons (Fsp3) is 0.429. The van der Waals surface area contributed by atoms with E-state index in [1.807, 2.05) is 0 Å². The Hall–Kier alpha value is -1.86. The van der Waals surface area contributed by atoms with Crippen LogP contribution in [0.3, 0.4) is 0 Å². The van der Waals surface area contributed by atoms with E-state index in [-0.39, 0.29) is 12.5 Å². The van der Waals surface area contributed by atoms with Gasteiger partial charge in [0.1, 0.15) is 12.3 Å². The average Bonchev–Trinajstić information content (AvgIpc) is 2.42. The zero-order valence-electron chi connectivity index (χ0n) is 10.8. The van der Waals surface area contributed by atoms with Crippen LogP contribution in [-0.2, 0) is 0 Å². The van der Waals surface area contributed by atoms with E-state index in [1.54, 1.807) is 30.3 Å². The van der Waals surface area contributed by atoms with Crippen LogP contribution in [0.15, 0.2) is 18.3 Å². The molecule has 1 aromatic rings. The van der Waals surface area contributed by atoms with Crippen molar-refractivity contribution in [2.45, 2.75) is 19.8 Å². The molecule has 1 rings (SSSR count). The normalized spacial score (nSPS) is 9.50. The Bertz CT molecular complexity index is 460. The van der Waals surface area contributed by atoms with Crippen molar-refractivity contribution in [2.24, 2.45) is 0 Å². The number of aliphatic hydroxyl groups excluding tert-OH is 1. The molecule has 1 aromatic heterocycles. The van der Waals surface area contributed by atoms with Gasteiger partial charge >= 0.3 is 0 Å². The average molecular weight is 246 g/mol. The van der Waals surface area contributed by atoms with Crippen molar-refractivity contribution in [1.82, 2.24) is 9.88 Å². The molecule has 0 aliphatic rings. The number of aromatic nitrogens is 1. The number of hydrogen-bond acceptors (Lipinski definition) is 3. The Balaban J connectivity index is 2.91. The lowest BCUT2D eigenvalue weighted by Gasteiger charge is -2.16. The Kier molecular flexibility index (Phi) is 5.89.